The van der Waals surface area contributed by atoms with Crippen molar-refractivity contribution in [3.63, 3.8) is 0 Å². The number of amides is 1. The first-order valence-electron chi connectivity index (χ1n) is 9.59. The summed E-state index contributed by atoms with van der Waals surface area (Å²) in [6, 6.07) is 8.93. The second kappa shape index (κ2) is 11.6. The molecule has 0 spiro atoms. The van der Waals surface area contributed by atoms with E-state index >= 15 is 0 Å². The lowest BCUT2D eigenvalue weighted by atomic mass is 10.1. The van der Waals surface area contributed by atoms with Gasteiger partial charge >= 0.3 is 0 Å². The Morgan fingerprint density at radius 2 is 2.20 bits per heavy atom. The SMILES string of the molecule is CCCCN(CC)Cc1cccc(CNC(=O)CC2CSCCN2)c1. The molecule has 1 fully saturated rings. The van der Waals surface area contributed by atoms with Crippen LogP contribution in [0.5, 0.6) is 0 Å². The van der Waals surface area contributed by atoms with Gasteiger partial charge in [-0.15, -0.1) is 0 Å². The summed E-state index contributed by atoms with van der Waals surface area (Å²) in [4.78, 5) is 14.6. The molecule has 0 radical (unpaired) electrons. The molecule has 1 aromatic rings. The van der Waals surface area contributed by atoms with E-state index in [0.717, 1.165) is 37.7 Å². The third-order valence-corrected chi connectivity index (χ3v) is 5.72. The van der Waals surface area contributed by atoms with E-state index in [9.17, 15) is 4.79 Å². The molecule has 1 saturated heterocycles. The number of rotatable bonds is 10. The van der Waals surface area contributed by atoms with E-state index in [1.807, 2.05) is 11.8 Å². The zero-order valence-corrected chi connectivity index (χ0v) is 16.5. The van der Waals surface area contributed by atoms with Gasteiger partial charge in [0.1, 0.15) is 0 Å². The molecule has 1 aromatic carbocycles. The molecule has 5 heteroatoms. The summed E-state index contributed by atoms with van der Waals surface area (Å²) in [5.74, 6) is 2.33. The van der Waals surface area contributed by atoms with Crippen LogP contribution in [0.4, 0.5) is 0 Å². The van der Waals surface area contributed by atoms with Gasteiger partial charge in [-0.25, -0.2) is 0 Å². The van der Waals surface area contributed by atoms with Crippen molar-refractivity contribution in [2.45, 2.75) is 52.2 Å². The van der Waals surface area contributed by atoms with Gasteiger partial charge in [-0.2, -0.15) is 11.8 Å². The first-order chi connectivity index (χ1) is 12.2. The molecule has 0 aliphatic carbocycles. The van der Waals surface area contributed by atoms with Gasteiger partial charge in [-0.1, -0.05) is 44.5 Å². The Kier molecular flexibility index (Phi) is 9.37. The number of benzene rings is 1. The van der Waals surface area contributed by atoms with E-state index in [1.165, 1.54) is 24.0 Å². The van der Waals surface area contributed by atoms with Gasteiger partial charge < -0.3 is 10.6 Å². The molecule has 25 heavy (non-hydrogen) atoms. The predicted molar refractivity (Wildman–Crippen MR) is 108 cm³/mol. The molecule has 1 aliphatic heterocycles. The van der Waals surface area contributed by atoms with Crippen LogP contribution in [0, 0.1) is 0 Å². The average Bonchev–Trinajstić information content (AvgIpc) is 2.64. The number of thioether (sulfide) groups is 1. The second-order valence-corrected chi connectivity index (χ2v) is 7.90. The minimum absolute atomic E-state index is 0.142. The molecule has 0 aromatic heterocycles. The minimum Gasteiger partial charge on any atom is -0.352 e. The van der Waals surface area contributed by atoms with Crippen LogP contribution >= 0.6 is 11.8 Å². The van der Waals surface area contributed by atoms with Crippen molar-refractivity contribution in [3.05, 3.63) is 35.4 Å². The standard InChI is InChI=1S/C20H33N3OS/c1-3-5-10-23(4-2)15-18-8-6-7-17(12-18)14-22-20(24)13-19-16-25-11-9-21-19/h6-8,12,19,21H,3-5,9-11,13-16H2,1-2H3,(H,22,24). The van der Waals surface area contributed by atoms with Gasteiger partial charge in [-0.3, -0.25) is 9.69 Å². The summed E-state index contributed by atoms with van der Waals surface area (Å²) in [6.07, 6.45) is 3.06. The van der Waals surface area contributed by atoms with Gasteiger partial charge in [-0.05, 0) is 30.6 Å². The van der Waals surface area contributed by atoms with Gasteiger partial charge in [0.15, 0.2) is 0 Å². The van der Waals surface area contributed by atoms with E-state index in [1.54, 1.807) is 0 Å². The summed E-state index contributed by atoms with van der Waals surface area (Å²) in [5.41, 5.74) is 2.51. The lowest BCUT2D eigenvalue weighted by molar-refractivity contribution is -0.121. The molecule has 0 saturated carbocycles. The third-order valence-electron chi connectivity index (χ3n) is 4.59. The van der Waals surface area contributed by atoms with Crippen LogP contribution in [0.15, 0.2) is 24.3 Å². The number of nitrogens with zero attached hydrogens (tertiary/aromatic N) is 1. The Morgan fingerprint density at radius 1 is 1.36 bits per heavy atom. The largest absolute Gasteiger partial charge is 0.352 e. The summed E-state index contributed by atoms with van der Waals surface area (Å²) < 4.78 is 0. The van der Waals surface area contributed by atoms with E-state index < -0.39 is 0 Å². The van der Waals surface area contributed by atoms with Crippen molar-refractivity contribution in [2.75, 3.05) is 31.1 Å². The molecule has 1 aliphatic rings. The average molecular weight is 364 g/mol. The maximum Gasteiger partial charge on any atom is 0.221 e. The Bertz CT molecular complexity index is 517. The van der Waals surface area contributed by atoms with Crippen LogP contribution < -0.4 is 10.6 Å². The Labute approximate surface area is 157 Å². The topological polar surface area (TPSA) is 44.4 Å². The fourth-order valence-electron chi connectivity index (χ4n) is 3.07. The number of hydrogen-bond acceptors (Lipinski definition) is 4. The van der Waals surface area contributed by atoms with Crippen LogP contribution in [-0.2, 0) is 17.9 Å². The molecular formula is C20H33N3OS. The Morgan fingerprint density at radius 3 is 2.92 bits per heavy atom. The van der Waals surface area contributed by atoms with Crippen molar-refractivity contribution in [1.82, 2.24) is 15.5 Å². The smallest absolute Gasteiger partial charge is 0.221 e. The van der Waals surface area contributed by atoms with Gasteiger partial charge in [0, 0.05) is 43.6 Å². The van der Waals surface area contributed by atoms with Crippen molar-refractivity contribution in [2.24, 2.45) is 0 Å². The molecule has 4 nitrogen and oxygen atoms in total. The minimum atomic E-state index is 0.142. The maximum atomic E-state index is 12.1. The fraction of sp³-hybridized carbons (Fsp3) is 0.650. The van der Waals surface area contributed by atoms with E-state index in [4.69, 9.17) is 0 Å². The van der Waals surface area contributed by atoms with Crippen LogP contribution in [0.1, 0.15) is 44.2 Å². The van der Waals surface area contributed by atoms with Crippen molar-refractivity contribution < 1.29 is 4.79 Å². The predicted octanol–water partition coefficient (Wildman–Crippen LogP) is 3.02. The van der Waals surface area contributed by atoms with Gasteiger partial charge in [0.2, 0.25) is 5.91 Å². The Hall–Kier alpha value is -1.04. The lowest BCUT2D eigenvalue weighted by Crippen LogP contribution is -2.41. The quantitative estimate of drug-likeness (QED) is 0.671. The highest BCUT2D eigenvalue weighted by Gasteiger charge is 2.16. The lowest BCUT2D eigenvalue weighted by Gasteiger charge is -2.22. The molecule has 140 valence electrons. The summed E-state index contributed by atoms with van der Waals surface area (Å²) in [6.45, 7) is 9.30. The highest BCUT2D eigenvalue weighted by atomic mass is 32.2. The molecule has 0 bridgehead atoms. The molecule has 1 unspecified atom stereocenters. The van der Waals surface area contributed by atoms with Crippen molar-refractivity contribution in [1.29, 1.82) is 0 Å². The van der Waals surface area contributed by atoms with Crippen LogP contribution in [0.3, 0.4) is 0 Å². The zero-order valence-electron chi connectivity index (χ0n) is 15.7. The van der Waals surface area contributed by atoms with E-state index in [-0.39, 0.29) is 5.91 Å². The zero-order chi connectivity index (χ0) is 17.9. The van der Waals surface area contributed by atoms with Crippen molar-refractivity contribution >= 4 is 17.7 Å². The van der Waals surface area contributed by atoms with Crippen LogP contribution in [-0.4, -0.2) is 48.0 Å². The number of carbonyl (C=O) groups is 1. The summed E-state index contributed by atoms with van der Waals surface area (Å²) >= 11 is 1.93. The summed E-state index contributed by atoms with van der Waals surface area (Å²) in [5, 5.41) is 6.49. The molecule has 1 amide bonds. The van der Waals surface area contributed by atoms with Gasteiger partial charge in [0.25, 0.3) is 0 Å². The molecule has 2 N–H and O–H groups in total. The first kappa shape index (κ1) is 20.3. The van der Waals surface area contributed by atoms with Crippen LogP contribution in [0.25, 0.3) is 0 Å². The fourth-order valence-corrected chi connectivity index (χ4v) is 4.02. The monoisotopic (exact) mass is 363 g/mol. The number of unbranched alkanes of at least 4 members (excludes halogenated alkanes) is 1. The highest BCUT2D eigenvalue weighted by Crippen LogP contribution is 2.11. The van der Waals surface area contributed by atoms with Crippen LogP contribution in [0.2, 0.25) is 0 Å². The number of carbonyl (C=O) groups excluding carboxylic acids is 1. The molecular weight excluding hydrogens is 330 g/mol. The highest BCUT2D eigenvalue weighted by molar-refractivity contribution is 7.99. The molecule has 2 rings (SSSR count). The summed E-state index contributed by atoms with van der Waals surface area (Å²) in [7, 11) is 0. The third kappa shape index (κ3) is 7.80. The van der Waals surface area contributed by atoms with E-state index in [0.29, 0.717) is 19.0 Å². The van der Waals surface area contributed by atoms with Gasteiger partial charge in [0.05, 0.1) is 0 Å². The van der Waals surface area contributed by atoms with E-state index in [2.05, 4.69) is 53.6 Å². The number of nitrogens with one attached hydrogen (secondary N) is 2. The van der Waals surface area contributed by atoms with Crippen molar-refractivity contribution in [3.8, 4) is 0 Å². The molecule has 1 heterocycles. The molecule has 1 atom stereocenters. The first-order valence-corrected chi connectivity index (χ1v) is 10.7. The normalized spacial score (nSPS) is 17.6. The number of hydrogen-bond donors (Lipinski definition) is 2. The Balaban J connectivity index is 1.78. The second-order valence-electron chi connectivity index (χ2n) is 6.75. The maximum absolute atomic E-state index is 12.1.